The van der Waals surface area contributed by atoms with Gasteiger partial charge >= 0.3 is 0 Å². The molecule has 0 amide bonds. The molecule has 4 heteroatoms. The number of unbranched alkanes of at least 4 members (excludes halogenated alkanes) is 1. The summed E-state index contributed by atoms with van der Waals surface area (Å²) in [6.07, 6.45) is 7.88. The first-order chi connectivity index (χ1) is 8.20. The maximum absolute atomic E-state index is 4.41. The van der Waals surface area contributed by atoms with Gasteiger partial charge < -0.3 is 0 Å². The van der Waals surface area contributed by atoms with Gasteiger partial charge in [-0.25, -0.2) is 4.98 Å². The third kappa shape index (κ3) is 3.26. The fraction of sp³-hybridized carbons (Fsp3) is 0.462. The quantitative estimate of drug-likeness (QED) is 0.740. The van der Waals surface area contributed by atoms with Gasteiger partial charge in [0.1, 0.15) is 5.65 Å². The van der Waals surface area contributed by atoms with Gasteiger partial charge in [0, 0.05) is 15.9 Å². The monoisotopic (exact) mass is 312 g/mol. The van der Waals surface area contributed by atoms with Crippen LogP contribution in [0.5, 0.6) is 0 Å². The van der Waals surface area contributed by atoms with Crippen LogP contribution in [0.3, 0.4) is 0 Å². The smallest absolute Gasteiger partial charge is 0.137 e. The molecule has 2 nitrogen and oxygen atoms in total. The summed E-state index contributed by atoms with van der Waals surface area (Å²) in [5.74, 6) is 0. The summed E-state index contributed by atoms with van der Waals surface area (Å²) < 4.78 is 3.24. The van der Waals surface area contributed by atoms with Crippen LogP contribution in [0, 0.1) is 0 Å². The van der Waals surface area contributed by atoms with Crippen molar-refractivity contribution in [1.29, 1.82) is 0 Å². The Hall–Kier alpha value is -0.480. The minimum atomic E-state index is 0.647. The lowest BCUT2D eigenvalue weighted by atomic mass is 10.2. The zero-order chi connectivity index (χ0) is 12.3. The molecule has 0 bridgehead atoms. The van der Waals surface area contributed by atoms with Crippen LogP contribution in [0.4, 0.5) is 0 Å². The Kier molecular flexibility index (Phi) is 4.51. The SMILES string of the molecule is CCCCC(C)Sc1cnc2ccc(Br)cn12. The van der Waals surface area contributed by atoms with E-state index in [1.54, 1.807) is 0 Å². The van der Waals surface area contributed by atoms with Gasteiger partial charge in [-0.05, 0) is 34.5 Å². The molecule has 2 heterocycles. The summed E-state index contributed by atoms with van der Waals surface area (Å²) >= 11 is 5.41. The molecule has 0 spiro atoms. The number of halogens is 1. The standard InChI is InChI=1S/C13H17BrN2S/c1-3-4-5-10(2)17-13-8-15-12-7-6-11(14)9-16(12)13/h6-10H,3-5H2,1-2H3. The van der Waals surface area contributed by atoms with Crippen LogP contribution < -0.4 is 0 Å². The fourth-order valence-electron chi connectivity index (χ4n) is 1.78. The lowest BCUT2D eigenvalue weighted by Crippen LogP contribution is -1.97. The second-order valence-corrected chi connectivity index (χ2v) is 6.62. The van der Waals surface area contributed by atoms with Crippen molar-refractivity contribution in [3.05, 3.63) is 29.0 Å². The number of thioether (sulfide) groups is 1. The highest BCUT2D eigenvalue weighted by Crippen LogP contribution is 2.27. The van der Waals surface area contributed by atoms with Crippen molar-refractivity contribution >= 4 is 33.3 Å². The molecule has 0 fully saturated rings. The maximum Gasteiger partial charge on any atom is 0.137 e. The lowest BCUT2D eigenvalue weighted by Gasteiger charge is -2.09. The molecular formula is C13H17BrN2S. The summed E-state index contributed by atoms with van der Waals surface area (Å²) in [6, 6.07) is 4.06. The maximum atomic E-state index is 4.41. The van der Waals surface area contributed by atoms with Crippen molar-refractivity contribution in [2.75, 3.05) is 0 Å². The van der Waals surface area contributed by atoms with E-state index in [0.29, 0.717) is 5.25 Å². The molecule has 0 aliphatic heterocycles. The summed E-state index contributed by atoms with van der Waals surface area (Å²) in [4.78, 5) is 4.41. The Morgan fingerprint density at radius 2 is 2.29 bits per heavy atom. The number of hydrogen-bond donors (Lipinski definition) is 0. The number of aromatic nitrogens is 2. The van der Waals surface area contributed by atoms with Crippen LogP contribution in [-0.2, 0) is 0 Å². The van der Waals surface area contributed by atoms with E-state index in [-0.39, 0.29) is 0 Å². The van der Waals surface area contributed by atoms with Gasteiger partial charge in [0.15, 0.2) is 0 Å². The minimum absolute atomic E-state index is 0.647. The number of pyridine rings is 1. The topological polar surface area (TPSA) is 17.3 Å². The van der Waals surface area contributed by atoms with Crippen molar-refractivity contribution < 1.29 is 0 Å². The molecule has 0 radical (unpaired) electrons. The summed E-state index contributed by atoms with van der Waals surface area (Å²) in [5, 5.41) is 1.87. The number of imidazole rings is 1. The predicted molar refractivity (Wildman–Crippen MR) is 77.7 cm³/mol. The van der Waals surface area contributed by atoms with Gasteiger partial charge in [-0.15, -0.1) is 11.8 Å². The van der Waals surface area contributed by atoms with E-state index >= 15 is 0 Å². The van der Waals surface area contributed by atoms with Gasteiger partial charge in [0.25, 0.3) is 0 Å². The zero-order valence-electron chi connectivity index (χ0n) is 10.2. The highest BCUT2D eigenvalue weighted by molar-refractivity contribution is 9.10. The zero-order valence-corrected chi connectivity index (χ0v) is 12.6. The third-order valence-corrected chi connectivity index (χ3v) is 4.37. The van der Waals surface area contributed by atoms with Crippen LogP contribution in [0.15, 0.2) is 34.0 Å². The lowest BCUT2D eigenvalue weighted by molar-refractivity contribution is 0.712. The van der Waals surface area contributed by atoms with E-state index < -0.39 is 0 Å². The van der Waals surface area contributed by atoms with E-state index in [1.165, 1.54) is 24.3 Å². The largest absolute Gasteiger partial charge is 0.294 e. The van der Waals surface area contributed by atoms with Crippen molar-refractivity contribution in [2.45, 2.75) is 43.4 Å². The molecular weight excluding hydrogens is 296 g/mol. The second-order valence-electron chi connectivity index (χ2n) is 4.24. The van der Waals surface area contributed by atoms with Crippen molar-refractivity contribution in [2.24, 2.45) is 0 Å². The molecule has 1 unspecified atom stereocenters. The Labute approximate surface area is 115 Å². The van der Waals surface area contributed by atoms with Gasteiger partial charge in [-0.2, -0.15) is 0 Å². The Morgan fingerprint density at radius 1 is 1.47 bits per heavy atom. The van der Waals surface area contributed by atoms with Crippen molar-refractivity contribution in [3.8, 4) is 0 Å². The molecule has 0 aromatic carbocycles. The first-order valence-corrected chi connectivity index (χ1v) is 7.67. The third-order valence-electron chi connectivity index (χ3n) is 2.72. The fourth-order valence-corrected chi connectivity index (χ4v) is 3.18. The van der Waals surface area contributed by atoms with Crippen molar-refractivity contribution in [3.63, 3.8) is 0 Å². The van der Waals surface area contributed by atoms with Gasteiger partial charge in [0.2, 0.25) is 0 Å². The van der Waals surface area contributed by atoms with Crippen LogP contribution in [0.1, 0.15) is 33.1 Å². The number of nitrogens with zero attached hydrogens (tertiary/aromatic N) is 2. The molecule has 1 atom stereocenters. The molecule has 17 heavy (non-hydrogen) atoms. The Bertz CT molecular complexity index is 495. The summed E-state index contributed by atoms with van der Waals surface area (Å²) in [6.45, 7) is 4.53. The summed E-state index contributed by atoms with van der Waals surface area (Å²) in [5.41, 5.74) is 1.01. The average molecular weight is 313 g/mol. The molecule has 0 aliphatic carbocycles. The molecule has 0 aliphatic rings. The van der Waals surface area contributed by atoms with Crippen LogP contribution in [0.2, 0.25) is 0 Å². The molecule has 2 aromatic rings. The molecule has 2 aromatic heterocycles. The minimum Gasteiger partial charge on any atom is -0.294 e. The summed E-state index contributed by atoms with van der Waals surface area (Å²) in [7, 11) is 0. The van der Waals surface area contributed by atoms with Crippen LogP contribution in [-0.4, -0.2) is 14.6 Å². The number of hydrogen-bond acceptors (Lipinski definition) is 2. The first kappa shape index (κ1) is 13.0. The highest BCUT2D eigenvalue weighted by atomic mass is 79.9. The normalized spacial score (nSPS) is 13.1. The molecule has 0 saturated carbocycles. The van der Waals surface area contributed by atoms with Gasteiger partial charge in [-0.1, -0.05) is 26.7 Å². The van der Waals surface area contributed by atoms with Crippen LogP contribution >= 0.6 is 27.7 Å². The van der Waals surface area contributed by atoms with E-state index in [1.807, 2.05) is 30.1 Å². The van der Waals surface area contributed by atoms with E-state index in [4.69, 9.17) is 0 Å². The molecule has 92 valence electrons. The highest BCUT2D eigenvalue weighted by Gasteiger charge is 2.09. The first-order valence-electron chi connectivity index (χ1n) is 6.00. The van der Waals surface area contributed by atoms with Crippen LogP contribution in [0.25, 0.3) is 5.65 Å². The van der Waals surface area contributed by atoms with Gasteiger partial charge in [0.05, 0.1) is 11.2 Å². The Morgan fingerprint density at radius 3 is 3.06 bits per heavy atom. The van der Waals surface area contributed by atoms with Crippen molar-refractivity contribution in [1.82, 2.24) is 9.38 Å². The number of fused-ring (bicyclic) bond motifs is 1. The molecule has 0 saturated heterocycles. The Balaban J connectivity index is 2.15. The van der Waals surface area contributed by atoms with E-state index in [9.17, 15) is 0 Å². The number of rotatable bonds is 5. The molecule has 0 N–H and O–H groups in total. The van der Waals surface area contributed by atoms with E-state index in [2.05, 4.69) is 45.4 Å². The molecule has 2 rings (SSSR count). The average Bonchev–Trinajstić information content (AvgIpc) is 2.69. The second kappa shape index (κ2) is 5.91. The predicted octanol–water partition coefficient (Wildman–Crippen LogP) is 4.77. The van der Waals surface area contributed by atoms with Gasteiger partial charge in [-0.3, -0.25) is 4.40 Å². The van der Waals surface area contributed by atoms with E-state index in [0.717, 1.165) is 10.1 Å².